The smallest absolute Gasteiger partial charge is 0.159 e. The van der Waals surface area contributed by atoms with Crippen molar-refractivity contribution in [2.45, 2.75) is 13.2 Å². The fraction of sp³-hybridized carbons (Fsp3) is 0.167. The molecule has 0 amide bonds. The molecule has 18 heavy (non-hydrogen) atoms. The molecular weight excluding hydrogens is 240 g/mol. The Labute approximate surface area is 102 Å². The first kappa shape index (κ1) is 12.4. The predicted molar refractivity (Wildman–Crippen MR) is 61.5 cm³/mol. The van der Waals surface area contributed by atoms with Crippen LogP contribution in [0.4, 0.5) is 8.78 Å². The lowest BCUT2D eigenvalue weighted by Crippen LogP contribution is -2.01. The summed E-state index contributed by atoms with van der Waals surface area (Å²) in [6, 6.07) is 3.49. The van der Waals surface area contributed by atoms with Crippen LogP contribution in [0.15, 0.2) is 30.9 Å². The standard InChI is InChI=1S/C12H11F2N3O/c1-2-5-17-12(11(7-18)15-16-17)8-3-4-9(13)10(14)6-8/h2-4,6,18H,1,5,7H2. The van der Waals surface area contributed by atoms with E-state index >= 15 is 0 Å². The molecule has 94 valence electrons. The average Bonchev–Trinajstić information content (AvgIpc) is 2.76. The van der Waals surface area contributed by atoms with Crippen LogP contribution in [0.25, 0.3) is 11.3 Å². The third-order valence-electron chi connectivity index (χ3n) is 2.45. The molecule has 0 unspecified atom stereocenters. The lowest BCUT2D eigenvalue weighted by atomic mass is 10.1. The number of nitrogens with zero attached hydrogens (tertiary/aromatic N) is 3. The molecule has 0 fully saturated rings. The van der Waals surface area contributed by atoms with Crippen molar-refractivity contribution < 1.29 is 13.9 Å². The number of benzene rings is 1. The van der Waals surface area contributed by atoms with Gasteiger partial charge in [0, 0.05) is 5.56 Å². The zero-order chi connectivity index (χ0) is 13.1. The van der Waals surface area contributed by atoms with Gasteiger partial charge in [-0.2, -0.15) is 0 Å². The number of hydrogen-bond acceptors (Lipinski definition) is 3. The molecule has 2 aromatic rings. The van der Waals surface area contributed by atoms with E-state index in [9.17, 15) is 13.9 Å². The van der Waals surface area contributed by atoms with Crippen LogP contribution in [0, 0.1) is 11.6 Å². The van der Waals surface area contributed by atoms with Gasteiger partial charge < -0.3 is 5.11 Å². The third kappa shape index (κ3) is 2.14. The van der Waals surface area contributed by atoms with Gasteiger partial charge in [0.15, 0.2) is 11.6 Å². The highest BCUT2D eigenvalue weighted by atomic mass is 19.2. The zero-order valence-electron chi connectivity index (χ0n) is 9.48. The Morgan fingerprint density at radius 2 is 2.11 bits per heavy atom. The SMILES string of the molecule is C=CCn1nnc(CO)c1-c1ccc(F)c(F)c1. The highest BCUT2D eigenvalue weighted by Gasteiger charge is 2.15. The molecule has 6 heteroatoms. The van der Waals surface area contributed by atoms with Gasteiger partial charge in [0.05, 0.1) is 18.8 Å². The molecule has 4 nitrogen and oxygen atoms in total. The topological polar surface area (TPSA) is 50.9 Å². The molecule has 1 N–H and O–H groups in total. The van der Waals surface area contributed by atoms with Crippen molar-refractivity contribution in [2.24, 2.45) is 0 Å². The number of aromatic nitrogens is 3. The molecule has 0 radical (unpaired) electrons. The minimum Gasteiger partial charge on any atom is -0.390 e. The molecule has 0 atom stereocenters. The Hall–Kier alpha value is -2.08. The van der Waals surface area contributed by atoms with Gasteiger partial charge in [-0.1, -0.05) is 11.3 Å². The summed E-state index contributed by atoms with van der Waals surface area (Å²) in [7, 11) is 0. The van der Waals surface area contributed by atoms with Gasteiger partial charge in [-0.25, -0.2) is 13.5 Å². The molecule has 0 saturated heterocycles. The minimum atomic E-state index is -0.956. The highest BCUT2D eigenvalue weighted by molar-refractivity contribution is 5.61. The van der Waals surface area contributed by atoms with E-state index in [1.807, 2.05) is 0 Å². The lowest BCUT2D eigenvalue weighted by Gasteiger charge is -2.06. The number of aliphatic hydroxyl groups excluding tert-OH is 1. The van der Waals surface area contributed by atoms with Gasteiger partial charge in [0.25, 0.3) is 0 Å². The van der Waals surface area contributed by atoms with Gasteiger partial charge >= 0.3 is 0 Å². The summed E-state index contributed by atoms with van der Waals surface area (Å²) in [5, 5.41) is 16.8. The molecule has 0 aliphatic rings. The molecule has 2 rings (SSSR count). The van der Waals surface area contributed by atoms with Gasteiger partial charge in [-0.3, -0.25) is 0 Å². The highest BCUT2D eigenvalue weighted by Crippen LogP contribution is 2.24. The van der Waals surface area contributed by atoms with Gasteiger partial charge in [-0.05, 0) is 18.2 Å². The largest absolute Gasteiger partial charge is 0.390 e. The molecule has 0 bridgehead atoms. The van der Waals surface area contributed by atoms with Crippen molar-refractivity contribution in [1.82, 2.24) is 15.0 Å². The first-order chi connectivity index (χ1) is 8.67. The van der Waals surface area contributed by atoms with E-state index in [-0.39, 0.29) is 6.61 Å². The van der Waals surface area contributed by atoms with E-state index in [4.69, 9.17) is 0 Å². The van der Waals surface area contributed by atoms with Crippen LogP contribution in [0.2, 0.25) is 0 Å². The van der Waals surface area contributed by atoms with Gasteiger partial charge in [-0.15, -0.1) is 11.7 Å². The van der Waals surface area contributed by atoms with Crippen LogP contribution in [0.3, 0.4) is 0 Å². The maximum atomic E-state index is 13.2. The summed E-state index contributed by atoms with van der Waals surface area (Å²) in [4.78, 5) is 0. The Kier molecular flexibility index (Phi) is 3.47. The lowest BCUT2D eigenvalue weighted by molar-refractivity contribution is 0.277. The van der Waals surface area contributed by atoms with Crippen LogP contribution in [0.1, 0.15) is 5.69 Å². The predicted octanol–water partition coefficient (Wildman–Crippen LogP) is 1.90. The average molecular weight is 251 g/mol. The summed E-state index contributed by atoms with van der Waals surface area (Å²) in [5.41, 5.74) is 1.17. The third-order valence-corrected chi connectivity index (χ3v) is 2.45. The number of rotatable bonds is 4. The van der Waals surface area contributed by atoms with Crippen molar-refractivity contribution in [3.63, 3.8) is 0 Å². The van der Waals surface area contributed by atoms with Crippen molar-refractivity contribution in [3.8, 4) is 11.3 Å². The quantitative estimate of drug-likeness (QED) is 0.844. The van der Waals surface area contributed by atoms with E-state index < -0.39 is 11.6 Å². The van der Waals surface area contributed by atoms with Crippen LogP contribution in [0.5, 0.6) is 0 Å². The Morgan fingerprint density at radius 1 is 1.33 bits per heavy atom. The summed E-state index contributed by atoms with van der Waals surface area (Å²) in [5.74, 6) is -1.88. The first-order valence-corrected chi connectivity index (χ1v) is 5.27. The molecule has 0 spiro atoms. The Bertz CT molecular complexity index is 581. The zero-order valence-corrected chi connectivity index (χ0v) is 9.48. The van der Waals surface area contributed by atoms with Gasteiger partial charge in [0.1, 0.15) is 5.69 Å². The first-order valence-electron chi connectivity index (χ1n) is 5.27. The minimum absolute atomic E-state index is 0.308. The van der Waals surface area contributed by atoms with E-state index in [2.05, 4.69) is 16.9 Å². The van der Waals surface area contributed by atoms with Crippen LogP contribution >= 0.6 is 0 Å². The number of hydrogen-bond donors (Lipinski definition) is 1. The van der Waals surface area contributed by atoms with E-state index in [0.29, 0.717) is 23.5 Å². The summed E-state index contributed by atoms with van der Waals surface area (Å²) in [6.45, 7) is 3.61. The molecule has 1 aromatic heterocycles. The number of aliphatic hydroxyl groups is 1. The monoisotopic (exact) mass is 251 g/mol. The van der Waals surface area contributed by atoms with Crippen molar-refractivity contribution in [3.05, 3.63) is 48.2 Å². The molecular formula is C12H11F2N3O. The second kappa shape index (κ2) is 5.05. The Balaban J connectivity index is 2.56. The fourth-order valence-electron chi connectivity index (χ4n) is 1.66. The summed E-state index contributed by atoms with van der Waals surface area (Å²) >= 11 is 0. The number of halogens is 2. The molecule has 0 aliphatic carbocycles. The fourth-order valence-corrected chi connectivity index (χ4v) is 1.66. The molecule has 1 aromatic carbocycles. The van der Waals surface area contributed by atoms with Crippen LogP contribution in [-0.2, 0) is 13.2 Å². The molecule has 0 saturated carbocycles. The van der Waals surface area contributed by atoms with Crippen LogP contribution in [-0.4, -0.2) is 20.1 Å². The summed E-state index contributed by atoms with van der Waals surface area (Å²) in [6.07, 6.45) is 1.60. The van der Waals surface area contributed by atoms with Gasteiger partial charge in [0.2, 0.25) is 0 Å². The second-order valence-corrected chi connectivity index (χ2v) is 3.64. The molecule has 1 heterocycles. The molecule has 0 aliphatic heterocycles. The maximum Gasteiger partial charge on any atom is 0.159 e. The van der Waals surface area contributed by atoms with Crippen molar-refractivity contribution in [1.29, 1.82) is 0 Å². The van der Waals surface area contributed by atoms with Crippen LogP contribution < -0.4 is 0 Å². The van der Waals surface area contributed by atoms with E-state index in [0.717, 1.165) is 12.1 Å². The summed E-state index contributed by atoms with van der Waals surface area (Å²) < 4.78 is 27.6. The Morgan fingerprint density at radius 3 is 2.72 bits per heavy atom. The number of allylic oxidation sites excluding steroid dienone is 1. The maximum absolute atomic E-state index is 13.2. The normalized spacial score (nSPS) is 10.6. The van der Waals surface area contributed by atoms with Crippen molar-refractivity contribution in [2.75, 3.05) is 0 Å². The van der Waals surface area contributed by atoms with Crippen molar-refractivity contribution >= 4 is 0 Å². The van der Waals surface area contributed by atoms with E-state index in [1.165, 1.54) is 10.7 Å². The second-order valence-electron chi connectivity index (χ2n) is 3.64. The van der Waals surface area contributed by atoms with E-state index in [1.54, 1.807) is 6.08 Å².